The lowest BCUT2D eigenvalue weighted by Gasteiger charge is -2.22. The van der Waals surface area contributed by atoms with E-state index in [1.165, 1.54) is 10.4 Å². The van der Waals surface area contributed by atoms with Gasteiger partial charge in [-0.15, -0.1) is 0 Å². The summed E-state index contributed by atoms with van der Waals surface area (Å²) < 4.78 is 39.3. The first-order chi connectivity index (χ1) is 8.46. The summed E-state index contributed by atoms with van der Waals surface area (Å²) >= 11 is 3.06. The zero-order valence-corrected chi connectivity index (χ0v) is 11.9. The normalized spacial score (nSPS) is 21.4. The quantitative estimate of drug-likeness (QED) is 0.913. The van der Waals surface area contributed by atoms with Crippen LogP contribution in [0.4, 0.5) is 4.39 Å². The molecule has 100 valence electrons. The third-order valence-corrected chi connectivity index (χ3v) is 5.94. The standard InChI is InChI=1S/C11H13BrFNO3S/c12-10-6-8(13)3-4-11(10)18(16,17)14-5-1-2-9(14)7-15/h3-4,6,9,15H,1-2,5,7H2/t9-/m1/s1. The van der Waals surface area contributed by atoms with Crippen LogP contribution in [0.3, 0.4) is 0 Å². The molecule has 1 aliphatic rings. The van der Waals surface area contributed by atoms with Crippen molar-refractivity contribution in [3.63, 3.8) is 0 Å². The molecule has 0 spiro atoms. The molecule has 1 aromatic carbocycles. The minimum absolute atomic E-state index is 0.0317. The molecule has 0 bridgehead atoms. The molecule has 2 rings (SSSR count). The van der Waals surface area contributed by atoms with E-state index >= 15 is 0 Å². The first-order valence-corrected chi connectivity index (χ1v) is 7.78. The van der Waals surface area contributed by atoms with E-state index in [0.717, 1.165) is 18.6 Å². The van der Waals surface area contributed by atoms with Gasteiger partial charge in [0.1, 0.15) is 5.82 Å². The zero-order chi connectivity index (χ0) is 13.3. The fraction of sp³-hybridized carbons (Fsp3) is 0.455. The van der Waals surface area contributed by atoms with E-state index in [1.54, 1.807) is 0 Å². The topological polar surface area (TPSA) is 57.6 Å². The summed E-state index contributed by atoms with van der Waals surface area (Å²) in [5, 5.41) is 9.18. The summed E-state index contributed by atoms with van der Waals surface area (Å²) in [6, 6.07) is 3.09. The lowest BCUT2D eigenvalue weighted by molar-refractivity contribution is 0.213. The second-order valence-electron chi connectivity index (χ2n) is 4.17. The van der Waals surface area contributed by atoms with Crippen LogP contribution in [0.1, 0.15) is 12.8 Å². The fourth-order valence-corrected chi connectivity index (χ4v) is 4.82. The van der Waals surface area contributed by atoms with Crippen LogP contribution in [0.15, 0.2) is 27.6 Å². The van der Waals surface area contributed by atoms with Crippen LogP contribution < -0.4 is 0 Å². The largest absolute Gasteiger partial charge is 0.395 e. The Morgan fingerprint density at radius 1 is 1.50 bits per heavy atom. The van der Waals surface area contributed by atoms with Gasteiger partial charge >= 0.3 is 0 Å². The summed E-state index contributed by atoms with van der Waals surface area (Å²) in [6.45, 7) is 0.190. The molecule has 0 amide bonds. The van der Waals surface area contributed by atoms with E-state index in [0.29, 0.717) is 13.0 Å². The van der Waals surface area contributed by atoms with Crippen molar-refractivity contribution in [2.75, 3.05) is 13.2 Å². The molecule has 18 heavy (non-hydrogen) atoms. The highest BCUT2D eigenvalue weighted by atomic mass is 79.9. The van der Waals surface area contributed by atoms with Gasteiger partial charge in [-0.2, -0.15) is 4.31 Å². The molecule has 1 aromatic rings. The number of hydrogen-bond donors (Lipinski definition) is 1. The molecule has 4 nitrogen and oxygen atoms in total. The van der Waals surface area contributed by atoms with E-state index in [-0.39, 0.29) is 22.0 Å². The molecule has 0 aliphatic carbocycles. The number of sulfonamides is 1. The van der Waals surface area contributed by atoms with Gasteiger partial charge in [0, 0.05) is 17.1 Å². The number of nitrogens with zero attached hydrogens (tertiary/aromatic N) is 1. The molecule has 1 aliphatic heterocycles. The SMILES string of the molecule is O=S(=O)(c1ccc(F)cc1Br)N1CCC[C@@H]1CO. The summed E-state index contributed by atoms with van der Waals surface area (Å²) in [6.07, 6.45) is 1.37. The average Bonchev–Trinajstić information content (AvgIpc) is 2.76. The Kier molecular flexibility index (Phi) is 4.05. The van der Waals surface area contributed by atoms with E-state index in [9.17, 15) is 17.9 Å². The average molecular weight is 338 g/mol. The van der Waals surface area contributed by atoms with Crippen LogP contribution in [0.5, 0.6) is 0 Å². The maximum Gasteiger partial charge on any atom is 0.244 e. The maximum absolute atomic E-state index is 13.0. The third kappa shape index (κ3) is 2.45. The van der Waals surface area contributed by atoms with Crippen LogP contribution in [-0.2, 0) is 10.0 Å². The van der Waals surface area contributed by atoms with Gasteiger partial charge in [0.2, 0.25) is 10.0 Å². The van der Waals surface area contributed by atoms with E-state index in [1.807, 2.05) is 0 Å². The second kappa shape index (κ2) is 5.24. The second-order valence-corrected chi connectivity index (χ2v) is 6.88. The summed E-state index contributed by atoms with van der Waals surface area (Å²) in [5.74, 6) is -0.499. The zero-order valence-electron chi connectivity index (χ0n) is 9.51. The number of rotatable bonds is 3. The summed E-state index contributed by atoms with van der Waals surface area (Å²) in [4.78, 5) is 0.0317. The van der Waals surface area contributed by atoms with Gasteiger partial charge in [0.15, 0.2) is 0 Å². The Bertz CT molecular complexity index is 549. The molecule has 1 atom stereocenters. The van der Waals surface area contributed by atoms with Crippen molar-refractivity contribution in [2.24, 2.45) is 0 Å². The monoisotopic (exact) mass is 337 g/mol. The van der Waals surface area contributed by atoms with Crippen molar-refractivity contribution >= 4 is 26.0 Å². The van der Waals surface area contributed by atoms with Gasteiger partial charge in [0.25, 0.3) is 0 Å². The molecule has 0 aromatic heterocycles. The van der Waals surface area contributed by atoms with Gasteiger partial charge in [-0.1, -0.05) is 0 Å². The third-order valence-electron chi connectivity index (χ3n) is 3.01. The van der Waals surface area contributed by atoms with Gasteiger partial charge in [-0.25, -0.2) is 12.8 Å². The first-order valence-electron chi connectivity index (χ1n) is 5.54. The van der Waals surface area contributed by atoms with Crippen LogP contribution in [0, 0.1) is 5.82 Å². The predicted octanol–water partition coefficient (Wildman–Crippen LogP) is 1.73. The van der Waals surface area contributed by atoms with Gasteiger partial charge < -0.3 is 5.11 Å². The van der Waals surface area contributed by atoms with Crippen LogP contribution in [0.2, 0.25) is 0 Å². The van der Waals surface area contributed by atoms with Crippen LogP contribution in [-0.4, -0.2) is 37.0 Å². The highest BCUT2D eigenvalue weighted by Gasteiger charge is 2.35. The number of benzene rings is 1. The summed E-state index contributed by atoms with van der Waals surface area (Å²) in [7, 11) is -3.69. The Hall–Kier alpha value is -0.500. The number of aliphatic hydroxyl groups excluding tert-OH is 1. The Labute approximate surface area is 114 Å². The van der Waals surface area contributed by atoms with Crippen molar-refractivity contribution in [1.29, 1.82) is 0 Å². The first kappa shape index (κ1) is 13.9. The van der Waals surface area contributed by atoms with E-state index in [2.05, 4.69) is 15.9 Å². The van der Waals surface area contributed by atoms with Crippen molar-refractivity contribution in [2.45, 2.75) is 23.8 Å². The smallest absolute Gasteiger partial charge is 0.244 e. The Balaban J connectivity index is 2.42. The predicted molar refractivity (Wildman–Crippen MR) is 68.1 cm³/mol. The minimum Gasteiger partial charge on any atom is -0.395 e. The molecule has 0 radical (unpaired) electrons. The Morgan fingerprint density at radius 2 is 2.22 bits per heavy atom. The van der Waals surface area contributed by atoms with Crippen molar-refractivity contribution < 1.29 is 17.9 Å². The molecular formula is C11H13BrFNO3S. The molecule has 0 saturated carbocycles. The number of hydrogen-bond acceptors (Lipinski definition) is 3. The fourth-order valence-electron chi connectivity index (χ4n) is 2.12. The molecule has 1 fully saturated rings. The molecule has 7 heteroatoms. The molecule has 0 unspecified atom stereocenters. The molecular weight excluding hydrogens is 325 g/mol. The van der Waals surface area contributed by atoms with Crippen molar-refractivity contribution in [1.82, 2.24) is 4.31 Å². The minimum atomic E-state index is -3.69. The molecule has 1 saturated heterocycles. The highest BCUT2D eigenvalue weighted by Crippen LogP contribution is 2.30. The molecule has 1 N–H and O–H groups in total. The van der Waals surface area contributed by atoms with Crippen LogP contribution >= 0.6 is 15.9 Å². The van der Waals surface area contributed by atoms with Crippen molar-refractivity contribution in [3.05, 3.63) is 28.5 Å². The van der Waals surface area contributed by atoms with E-state index < -0.39 is 15.8 Å². The maximum atomic E-state index is 13.0. The summed E-state index contributed by atoms with van der Waals surface area (Å²) in [5.41, 5.74) is 0. The lowest BCUT2D eigenvalue weighted by atomic mass is 10.2. The lowest BCUT2D eigenvalue weighted by Crippen LogP contribution is -2.37. The highest BCUT2D eigenvalue weighted by molar-refractivity contribution is 9.10. The van der Waals surface area contributed by atoms with Crippen molar-refractivity contribution in [3.8, 4) is 0 Å². The number of halogens is 2. The number of aliphatic hydroxyl groups is 1. The van der Waals surface area contributed by atoms with Gasteiger partial charge in [0.05, 0.1) is 11.5 Å². The Morgan fingerprint density at radius 3 is 2.83 bits per heavy atom. The molecule has 1 heterocycles. The van der Waals surface area contributed by atoms with Gasteiger partial charge in [-0.3, -0.25) is 0 Å². The van der Waals surface area contributed by atoms with E-state index in [4.69, 9.17) is 0 Å². The van der Waals surface area contributed by atoms with Gasteiger partial charge in [-0.05, 0) is 47.0 Å². The van der Waals surface area contributed by atoms with Crippen LogP contribution in [0.25, 0.3) is 0 Å².